The minimum Gasteiger partial charge on any atom is -0.457 e. The van der Waals surface area contributed by atoms with E-state index in [-0.39, 0.29) is 24.1 Å². The van der Waals surface area contributed by atoms with Gasteiger partial charge in [-0.15, -0.1) is 0 Å². The highest BCUT2D eigenvalue weighted by Gasteiger charge is 2.37. The molecule has 1 fully saturated rings. The highest BCUT2D eigenvalue weighted by Crippen LogP contribution is 2.19. The molecule has 1 aliphatic heterocycles. The van der Waals surface area contributed by atoms with E-state index in [1.54, 1.807) is 0 Å². The maximum absolute atomic E-state index is 11.1. The molecule has 108 valence electrons. The first-order chi connectivity index (χ1) is 9.54. The van der Waals surface area contributed by atoms with Gasteiger partial charge >= 0.3 is 11.9 Å². The number of benzene rings is 1. The predicted molar refractivity (Wildman–Crippen MR) is 72.8 cm³/mol. The average Bonchev–Trinajstić information content (AvgIpc) is 2.70. The summed E-state index contributed by atoms with van der Waals surface area (Å²) >= 11 is 0. The van der Waals surface area contributed by atoms with E-state index >= 15 is 0 Å². The number of rotatable bonds is 4. The molecule has 0 spiro atoms. The van der Waals surface area contributed by atoms with E-state index in [1.807, 2.05) is 30.3 Å². The number of likely N-dealkylation sites (tertiary alicyclic amines) is 1. The number of hydrogen-bond acceptors (Lipinski definition) is 5. The Hall–Kier alpha value is -1.88. The fourth-order valence-electron chi connectivity index (χ4n) is 2.44. The fourth-order valence-corrected chi connectivity index (χ4v) is 2.44. The smallest absolute Gasteiger partial charge is 0.303 e. The number of carbonyl (C=O) groups excluding carboxylic acids is 2. The first-order valence-electron chi connectivity index (χ1n) is 6.65. The summed E-state index contributed by atoms with van der Waals surface area (Å²) in [6.45, 7) is 4.63. The summed E-state index contributed by atoms with van der Waals surface area (Å²) in [5, 5.41) is 0. The third-order valence-corrected chi connectivity index (χ3v) is 3.17. The summed E-state index contributed by atoms with van der Waals surface area (Å²) in [4.78, 5) is 24.4. The van der Waals surface area contributed by atoms with Gasteiger partial charge in [-0.3, -0.25) is 14.5 Å². The lowest BCUT2D eigenvalue weighted by Gasteiger charge is -2.17. The number of esters is 2. The lowest BCUT2D eigenvalue weighted by atomic mass is 10.2. The van der Waals surface area contributed by atoms with Crippen molar-refractivity contribution in [3.05, 3.63) is 35.9 Å². The molecular weight excluding hydrogens is 258 g/mol. The van der Waals surface area contributed by atoms with Crippen LogP contribution in [0.4, 0.5) is 0 Å². The van der Waals surface area contributed by atoms with Gasteiger partial charge in [-0.25, -0.2) is 0 Å². The molecule has 1 aromatic rings. The second-order valence-corrected chi connectivity index (χ2v) is 4.98. The molecule has 1 aliphatic rings. The van der Waals surface area contributed by atoms with Gasteiger partial charge in [0.2, 0.25) is 0 Å². The molecule has 5 heteroatoms. The van der Waals surface area contributed by atoms with Crippen LogP contribution in [0.5, 0.6) is 0 Å². The number of nitrogens with zero attached hydrogens (tertiary/aromatic N) is 1. The molecule has 0 saturated carbocycles. The van der Waals surface area contributed by atoms with Crippen molar-refractivity contribution in [2.24, 2.45) is 0 Å². The summed E-state index contributed by atoms with van der Waals surface area (Å²) in [5.74, 6) is -0.706. The lowest BCUT2D eigenvalue weighted by molar-refractivity contribution is -0.160. The number of ether oxygens (including phenoxy) is 2. The van der Waals surface area contributed by atoms with Gasteiger partial charge in [0.1, 0.15) is 0 Å². The van der Waals surface area contributed by atoms with Crippen LogP contribution in [-0.2, 0) is 25.6 Å². The van der Waals surface area contributed by atoms with Crippen molar-refractivity contribution in [3.8, 4) is 0 Å². The van der Waals surface area contributed by atoms with Crippen LogP contribution >= 0.6 is 0 Å². The monoisotopic (exact) mass is 277 g/mol. The minimum absolute atomic E-state index is 0.353. The molecular formula is C15H19NO4. The summed E-state index contributed by atoms with van der Waals surface area (Å²) in [5.41, 5.74) is 1.18. The standard InChI is InChI=1S/C15H19NO4/c1-11(17)19-14-9-16(10-15(14)20-12(2)18)8-13-6-4-3-5-7-13/h3-7,14-15H,8-10H2,1-2H3. The molecule has 0 amide bonds. The van der Waals surface area contributed by atoms with E-state index in [0.717, 1.165) is 6.54 Å². The van der Waals surface area contributed by atoms with Crippen LogP contribution in [0.15, 0.2) is 30.3 Å². The number of carbonyl (C=O) groups is 2. The van der Waals surface area contributed by atoms with E-state index < -0.39 is 0 Å². The predicted octanol–water partition coefficient (Wildman–Crippen LogP) is 1.37. The Morgan fingerprint density at radius 2 is 1.55 bits per heavy atom. The minimum atomic E-state index is -0.389. The fraction of sp³-hybridized carbons (Fsp3) is 0.467. The van der Waals surface area contributed by atoms with Gasteiger partial charge in [-0.2, -0.15) is 0 Å². The maximum atomic E-state index is 11.1. The van der Waals surface area contributed by atoms with Crippen LogP contribution in [0.3, 0.4) is 0 Å². The Morgan fingerprint density at radius 3 is 2.00 bits per heavy atom. The first kappa shape index (κ1) is 14.5. The Labute approximate surface area is 118 Å². The second-order valence-electron chi connectivity index (χ2n) is 4.98. The molecule has 0 N–H and O–H groups in total. The Kier molecular flexibility index (Phi) is 4.74. The summed E-state index contributed by atoms with van der Waals surface area (Å²) in [7, 11) is 0. The molecule has 2 atom stereocenters. The Bertz CT molecular complexity index is 450. The second kappa shape index (κ2) is 6.52. The molecule has 2 unspecified atom stereocenters. The summed E-state index contributed by atoms with van der Waals surface area (Å²) in [6.07, 6.45) is -0.778. The van der Waals surface area contributed by atoms with E-state index in [4.69, 9.17) is 9.47 Å². The molecule has 0 aliphatic carbocycles. The van der Waals surface area contributed by atoms with Crippen molar-refractivity contribution in [2.45, 2.75) is 32.6 Å². The highest BCUT2D eigenvalue weighted by atomic mass is 16.6. The van der Waals surface area contributed by atoms with Gasteiger partial charge in [0.05, 0.1) is 0 Å². The maximum Gasteiger partial charge on any atom is 0.303 e. The largest absolute Gasteiger partial charge is 0.457 e. The molecule has 1 aromatic carbocycles. The zero-order valence-electron chi connectivity index (χ0n) is 11.7. The van der Waals surface area contributed by atoms with Crippen molar-refractivity contribution in [1.29, 1.82) is 0 Å². The SMILES string of the molecule is CC(=O)OC1CN(Cc2ccccc2)CC1OC(C)=O. The van der Waals surface area contributed by atoms with E-state index in [9.17, 15) is 9.59 Å². The topological polar surface area (TPSA) is 55.8 Å². The quantitative estimate of drug-likeness (QED) is 0.778. The molecule has 20 heavy (non-hydrogen) atoms. The molecule has 2 rings (SSSR count). The zero-order chi connectivity index (χ0) is 14.5. The normalized spacial score (nSPS) is 22.5. The van der Waals surface area contributed by atoms with E-state index in [2.05, 4.69) is 4.90 Å². The van der Waals surface area contributed by atoms with Crippen LogP contribution < -0.4 is 0 Å². The van der Waals surface area contributed by atoms with Crippen LogP contribution in [0.1, 0.15) is 19.4 Å². The summed E-state index contributed by atoms with van der Waals surface area (Å²) in [6, 6.07) is 10.0. The Morgan fingerprint density at radius 1 is 1.05 bits per heavy atom. The Balaban J connectivity index is 1.99. The zero-order valence-corrected chi connectivity index (χ0v) is 11.7. The van der Waals surface area contributed by atoms with Crippen molar-refractivity contribution in [3.63, 3.8) is 0 Å². The molecule has 1 saturated heterocycles. The van der Waals surface area contributed by atoms with Gasteiger partial charge in [0.25, 0.3) is 0 Å². The van der Waals surface area contributed by atoms with Gasteiger partial charge in [-0.1, -0.05) is 30.3 Å². The highest BCUT2D eigenvalue weighted by molar-refractivity contribution is 5.67. The molecule has 0 bridgehead atoms. The molecule has 0 aromatic heterocycles. The van der Waals surface area contributed by atoms with Crippen molar-refractivity contribution in [1.82, 2.24) is 4.90 Å². The van der Waals surface area contributed by atoms with Crippen molar-refractivity contribution >= 4 is 11.9 Å². The van der Waals surface area contributed by atoms with Gasteiger partial charge < -0.3 is 9.47 Å². The van der Waals surface area contributed by atoms with Crippen molar-refractivity contribution < 1.29 is 19.1 Å². The van der Waals surface area contributed by atoms with Crippen LogP contribution in [0.25, 0.3) is 0 Å². The van der Waals surface area contributed by atoms with E-state index in [0.29, 0.717) is 13.1 Å². The van der Waals surface area contributed by atoms with Crippen LogP contribution in [0, 0.1) is 0 Å². The van der Waals surface area contributed by atoms with Crippen LogP contribution in [-0.4, -0.2) is 42.1 Å². The third kappa shape index (κ3) is 4.06. The van der Waals surface area contributed by atoms with E-state index in [1.165, 1.54) is 19.4 Å². The molecule has 1 heterocycles. The average molecular weight is 277 g/mol. The third-order valence-electron chi connectivity index (χ3n) is 3.17. The lowest BCUT2D eigenvalue weighted by Crippen LogP contribution is -2.32. The van der Waals surface area contributed by atoms with Gasteiger partial charge in [0, 0.05) is 33.5 Å². The number of hydrogen-bond donors (Lipinski definition) is 0. The van der Waals surface area contributed by atoms with Gasteiger partial charge in [0.15, 0.2) is 12.2 Å². The van der Waals surface area contributed by atoms with Crippen LogP contribution in [0.2, 0.25) is 0 Å². The molecule has 0 radical (unpaired) electrons. The first-order valence-corrected chi connectivity index (χ1v) is 6.65. The van der Waals surface area contributed by atoms with Crippen molar-refractivity contribution in [2.75, 3.05) is 13.1 Å². The molecule has 5 nitrogen and oxygen atoms in total. The van der Waals surface area contributed by atoms with Gasteiger partial charge in [-0.05, 0) is 5.56 Å². The summed E-state index contributed by atoms with van der Waals surface area (Å²) < 4.78 is 10.5.